The van der Waals surface area contributed by atoms with Gasteiger partial charge in [-0.1, -0.05) is 6.92 Å². The van der Waals surface area contributed by atoms with Crippen molar-refractivity contribution in [2.24, 2.45) is 0 Å². The molecule has 0 aliphatic carbocycles. The largest absolute Gasteiger partial charge is 0.478 e. The summed E-state index contributed by atoms with van der Waals surface area (Å²) in [5.41, 5.74) is -0.0214. The van der Waals surface area contributed by atoms with Crippen LogP contribution in [0.2, 0.25) is 0 Å². The first-order valence-corrected chi connectivity index (χ1v) is 9.24. The number of carbonyl (C=O) groups excluding carboxylic acids is 1. The monoisotopic (exact) mass is 331 g/mol. The summed E-state index contributed by atoms with van der Waals surface area (Å²) in [6.07, 6.45) is 1.93. The van der Waals surface area contributed by atoms with Gasteiger partial charge in [0, 0.05) is 11.9 Å². The Morgan fingerprint density at radius 2 is 1.95 bits per heavy atom. The van der Waals surface area contributed by atoms with Crippen molar-refractivity contribution >= 4 is 39.2 Å². The van der Waals surface area contributed by atoms with Crippen LogP contribution in [0.5, 0.6) is 0 Å². The van der Waals surface area contributed by atoms with E-state index in [9.17, 15) is 18.0 Å². The van der Waals surface area contributed by atoms with E-state index >= 15 is 0 Å². The molecule has 1 aromatic carbocycles. The summed E-state index contributed by atoms with van der Waals surface area (Å²) in [6.45, 7) is 2.00. The number of rotatable bonds is 7. The number of thioether (sulfide) groups is 1. The Morgan fingerprint density at radius 3 is 2.48 bits per heavy atom. The van der Waals surface area contributed by atoms with Crippen molar-refractivity contribution in [1.82, 2.24) is 0 Å². The second-order valence-corrected chi connectivity index (χ2v) is 7.55. The molecule has 1 rings (SSSR count). The van der Waals surface area contributed by atoms with E-state index in [1.165, 1.54) is 23.9 Å². The SMILES string of the molecule is CCCSCC(=O)Nc1cc(C(=O)O)cc(S(C)(=O)=O)c1. The van der Waals surface area contributed by atoms with Crippen LogP contribution < -0.4 is 5.32 Å². The van der Waals surface area contributed by atoms with Crippen molar-refractivity contribution in [1.29, 1.82) is 0 Å². The van der Waals surface area contributed by atoms with Crippen molar-refractivity contribution in [3.63, 3.8) is 0 Å². The van der Waals surface area contributed by atoms with Crippen LogP contribution in [0.15, 0.2) is 23.1 Å². The summed E-state index contributed by atoms with van der Waals surface area (Å²) >= 11 is 1.45. The fourth-order valence-electron chi connectivity index (χ4n) is 1.52. The van der Waals surface area contributed by atoms with Gasteiger partial charge in [0.1, 0.15) is 0 Å². The molecule has 2 N–H and O–H groups in total. The standard InChI is InChI=1S/C13H17NO5S2/c1-3-4-20-8-12(15)14-10-5-9(13(16)17)6-11(7-10)21(2,18)19/h5-7H,3-4,8H2,1-2H3,(H,14,15)(H,16,17). The number of nitrogens with one attached hydrogen (secondary N) is 1. The van der Waals surface area contributed by atoms with Gasteiger partial charge in [0.15, 0.2) is 9.84 Å². The highest BCUT2D eigenvalue weighted by molar-refractivity contribution is 7.99. The molecular weight excluding hydrogens is 314 g/mol. The summed E-state index contributed by atoms with van der Waals surface area (Å²) in [5, 5.41) is 11.5. The minimum Gasteiger partial charge on any atom is -0.478 e. The van der Waals surface area contributed by atoms with Crippen molar-refractivity contribution in [2.75, 3.05) is 23.1 Å². The number of benzene rings is 1. The van der Waals surface area contributed by atoms with E-state index in [2.05, 4.69) is 5.32 Å². The minimum absolute atomic E-state index is 0.140. The molecule has 0 aromatic heterocycles. The van der Waals surface area contributed by atoms with Crippen LogP contribution in [0.25, 0.3) is 0 Å². The highest BCUT2D eigenvalue weighted by Gasteiger charge is 2.14. The first-order valence-electron chi connectivity index (χ1n) is 6.20. The first-order chi connectivity index (χ1) is 9.74. The fourth-order valence-corrected chi connectivity index (χ4v) is 2.89. The summed E-state index contributed by atoms with van der Waals surface area (Å²) in [4.78, 5) is 22.6. The number of aromatic carboxylic acids is 1. The molecule has 0 bridgehead atoms. The Labute approximate surface area is 127 Å². The highest BCUT2D eigenvalue weighted by atomic mass is 32.2. The van der Waals surface area contributed by atoms with E-state index in [-0.39, 0.29) is 27.8 Å². The molecule has 0 unspecified atom stereocenters. The normalized spacial score (nSPS) is 11.1. The van der Waals surface area contributed by atoms with Crippen molar-refractivity contribution in [3.05, 3.63) is 23.8 Å². The fraction of sp³-hybridized carbons (Fsp3) is 0.385. The quantitative estimate of drug-likeness (QED) is 0.740. The third-order valence-corrected chi connectivity index (χ3v) is 4.70. The molecule has 0 aliphatic rings. The molecule has 0 heterocycles. The van der Waals surface area contributed by atoms with Gasteiger partial charge in [-0.05, 0) is 30.4 Å². The molecule has 6 nitrogen and oxygen atoms in total. The summed E-state index contributed by atoms with van der Waals surface area (Å²) < 4.78 is 23.1. The Kier molecular flexibility index (Phi) is 6.22. The molecule has 0 aliphatic heterocycles. The van der Waals surface area contributed by atoms with Gasteiger partial charge < -0.3 is 10.4 Å². The highest BCUT2D eigenvalue weighted by Crippen LogP contribution is 2.19. The van der Waals surface area contributed by atoms with E-state index in [0.717, 1.165) is 24.5 Å². The van der Waals surface area contributed by atoms with Crippen LogP contribution in [0.1, 0.15) is 23.7 Å². The third-order valence-electron chi connectivity index (χ3n) is 2.45. The molecule has 0 radical (unpaired) electrons. The molecular formula is C13H17NO5S2. The van der Waals surface area contributed by atoms with Crippen molar-refractivity contribution < 1.29 is 23.1 Å². The maximum Gasteiger partial charge on any atom is 0.335 e. The third kappa shape index (κ3) is 5.76. The van der Waals surface area contributed by atoms with E-state index in [0.29, 0.717) is 0 Å². The number of sulfone groups is 1. The number of carbonyl (C=O) groups is 2. The number of carboxylic acids is 1. The predicted molar refractivity (Wildman–Crippen MR) is 82.8 cm³/mol. The van der Waals surface area contributed by atoms with E-state index in [1.807, 2.05) is 6.92 Å². The van der Waals surface area contributed by atoms with Crippen molar-refractivity contribution in [3.8, 4) is 0 Å². The lowest BCUT2D eigenvalue weighted by Gasteiger charge is -2.08. The second kappa shape index (κ2) is 7.46. The van der Waals surface area contributed by atoms with Gasteiger partial charge in [-0.2, -0.15) is 11.8 Å². The van der Waals surface area contributed by atoms with Crippen LogP contribution in [0, 0.1) is 0 Å². The molecule has 116 valence electrons. The summed E-state index contributed by atoms with van der Waals surface area (Å²) in [6, 6.07) is 3.56. The van der Waals surface area contributed by atoms with Gasteiger partial charge in [0.05, 0.1) is 16.2 Å². The molecule has 8 heteroatoms. The lowest BCUT2D eigenvalue weighted by Crippen LogP contribution is -2.15. The molecule has 0 fully saturated rings. The molecule has 21 heavy (non-hydrogen) atoms. The minimum atomic E-state index is -3.56. The zero-order valence-electron chi connectivity index (χ0n) is 11.8. The Hall–Kier alpha value is -1.54. The van der Waals surface area contributed by atoms with Crippen LogP contribution in [0.4, 0.5) is 5.69 Å². The predicted octanol–water partition coefficient (Wildman–Crippen LogP) is 1.87. The number of carboxylic acid groups (broad SMARTS) is 1. The topological polar surface area (TPSA) is 101 Å². The molecule has 0 spiro atoms. The van der Waals surface area contributed by atoms with Gasteiger partial charge in [-0.15, -0.1) is 0 Å². The zero-order chi connectivity index (χ0) is 16.0. The van der Waals surface area contributed by atoms with Gasteiger partial charge in [0.2, 0.25) is 5.91 Å². The summed E-state index contributed by atoms with van der Waals surface area (Å²) in [7, 11) is -3.56. The van der Waals surface area contributed by atoms with Crippen LogP contribution >= 0.6 is 11.8 Å². The van der Waals surface area contributed by atoms with Gasteiger partial charge in [-0.3, -0.25) is 4.79 Å². The van der Waals surface area contributed by atoms with Crippen LogP contribution in [-0.2, 0) is 14.6 Å². The lowest BCUT2D eigenvalue weighted by atomic mass is 10.2. The first kappa shape index (κ1) is 17.5. The number of amides is 1. The number of anilines is 1. The molecule has 1 amide bonds. The van der Waals surface area contributed by atoms with Gasteiger partial charge >= 0.3 is 5.97 Å². The van der Waals surface area contributed by atoms with Gasteiger partial charge in [0.25, 0.3) is 0 Å². The van der Waals surface area contributed by atoms with Crippen LogP contribution in [-0.4, -0.2) is 43.2 Å². The molecule has 0 atom stereocenters. The Bertz CT molecular complexity index is 640. The van der Waals surface area contributed by atoms with E-state index in [1.54, 1.807) is 0 Å². The van der Waals surface area contributed by atoms with E-state index in [4.69, 9.17) is 5.11 Å². The van der Waals surface area contributed by atoms with E-state index < -0.39 is 15.8 Å². The Morgan fingerprint density at radius 1 is 1.29 bits per heavy atom. The maximum absolute atomic E-state index is 11.7. The maximum atomic E-state index is 11.7. The zero-order valence-corrected chi connectivity index (χ0v) is 13.4. The van der Waals surface area contributed by atoms with Gasteiger partial charge in [-0.25, -0.2) is 13.2 Å². The van der Waals surface area contributed by atoms with Crippen molar-refractivity contribution in [2.45, 2.75) is 18.2 Å². The average molecular weight is 331 g/mol. The molecule has 1 aromatic rings. The Balaban J connectivity index is 2.99. The molecule has 0 saturated carbocycles. The summed E-state index contributed by atoms with van der Waals surface area (Å²) in [5.74, 6) is -0.469. The number of hydrogen-bond acceptors (Lipinski definition) is 5. The molecule has 0 saturated heterocycles. The number of hydrogen-bond donors (Lipinski definition) is 2. The second-order valence-electron chi connectivity index (χ2n) is 4.42. The lowest BCUT2D eigenvalue weighted by molar-refractivity contribution is -0.113. The van der Waals surface area contributed by atoms with Crippen LogP contribution in [0.3, 0.4) is 0 Å². The average Bonchev–Trinajstić information content (AvgIpc) is 2.37. The smallest absolute Gasteiger partial charge is 0.335 e.